The van der Waals surface area contributed by atoms with Gasteiger partial charge in [-0.3, -0.25) is 9.59 Å². The third kappa shape index (κ3) is 36.8. The summed E-state index contributed by atoms with van der Waals surface area (Å²) in [4.78, 5) is 33.2. The van der Waals surface area contributed by atoms with E-state index in [4.69, 9.17) is 28.4 Å². The number of ether oxygens (including phenoxy) is 6. The van der Waals surface area contributed by atoms with Crippen LogP contribution in [0.4, 0.5) is 0 Å². The van der Waals surface area contributed by atoms with Crippen LogP contribution in [0, 0.1) is 5.41 Å². The van der Waals surface area contributed by atoms with E-state index in [0.29, 0.717) is 52.5 Å². The van der Waals surface area contributed by atoms with Gasteiger partial charge in [-0.2, -0.15) is 0 Å². The zero-order valence-corrected chi connectivity index (χ0v) is 46.2. The van der Waals surface area contributed by atoms with Gasteiger partial charge in [-0.25, -0.2) is 4.98 Å². The number of nitrogens with zero attached hydrogens (tertiary/aromatic N) is 3. The fourth-order valence-electron chi connectivity index (χ4n) is 9.68. The van der Waals surface area contributed by atoms with Crippen LogP contribution in [0.5, 0.6) is 0 Å². The highest BCUT2D eigenvalue weighted by Gasteiger charge is 2.35. The van der Waals surface area contributed by atoms with E-state index in [2.05, 4.69) is 42.1 Å². The molecule has 11 heteroatoms. The van der Waals surface area contributed by atoms with Crippen LogP contribution < -0.4 is 0 Å². The van der Waals surface area contributed by atoms with E-state index in [1.165, 1.54) is 154 Å². The summed E-state index contributed by atoms with van der Waals surface area (Å²) in [5.74, 6) is -0.388. The van der Waals surface area contributed by atoms with E-state index in [9.17, 15) is 9.59 Å². The molecule has 1 aliphatic heterocycles. The third-order valence-electron chi connectivity index (χ3n) is 14.5. The van der Waals surface area contributed by atoms with Crippen LogP contribution in [0.15, 0.2) is 18.7 Å². The Morgan fingerprint density at radius 3 is 1.17 bits per heavy atom. The number of likely N-dealkylation sites (tertiary alicyclic amines) is 1. The van der Waals surface area contributed by atoms with Gasteiger partial charge in [0.05, 0.1) is 32.4 Å². The van der Waals surface area contributed by atoms with Crippen molar-refractivity contribution in [1.29, 1.82) is 0 Å². The molecule has 0 amide bonds. The van der Waals surface area contributed by atoms with Crippen LogP contribution in [-0.4, -0.2) is 98.2 Å². The number of carbonyl (C=O) groups is 2. The quantitative estimate of drug-likeness (QED) is 0.0355. The maximum absolute atomic E-state index is 13.3. The molecule has 0 saturated carbocycles. The number of piperidine rings is 1. The number of hydrogen-bond donors (Lipinski definition) is 0. The molecule has 70 heavy (non-hydrogen) atoms. The fourth-order valence-corrected chi connectivity index (χ4v) is 9.68. The lowest BCUT2D eigenvalue weighted by molar-refractivity contribution is -0.160. The van der Waals surface area contributed by atoms with Gasteiger partial charge in [-0.1, -0.05) is 182 Å². The molecule has 1 fully saturated rings. The number of carbonyl (C=O) groups excluding carboxylic acids is 2. The van der Waals surface area contributed by atoms with Crippen molar-refractivity contribution in [2.75, 3.05) is 59.3 Å². The Kier molecular flexibility index (Phi) is 42.8. The molecule has 1 aromatic rings. The van der Waals surface area contributed by atoms with E-state index in [1.807, 2.05) is 18.7 Å². The molecule has 0 atom stereocenters. The minimum absolute atomic E-state index is 0.0644. The Hall–Kier alpha value is -2.05. The molecule has 0 radical (unpaired) electrons. The molecule has 1 saturated heterocycles. The fraction of sp³-hybridized carbons (Fsp3) is 0.915. The topological polar surface area (TPSA) is 111 Å². The molecule has 1 aromatic heterocycles. The first-order valence-electron chi connectivity index (χ1n) is 29.9. The monoisotopic (exact) mass is 990 g/mol. The van der Waals surface area contributed by atoms with Gasteiger partial charge in [0.25, 0.3) is 0 Å². The van der Waals surface area contributed by atoms with E-state index in [1.54, 1.807) is 0 Å². The van der Waals surface area contributed by atoms with Crippen molar-refractivity contribution in [2.45, 2.75) is 284 Å². The first-order chi connectivity index (χ1) is 34.4. The maximum atomic E-state index is 13.3. The summed E-state index contributed by atoms with van der Waals surface area (Å²) < 4.78 is 39.0. The Labute approximate surface area is 430 Å². The van der Waals surface area contributed by atoms with Crippen molar-refractivity contribution < 1.29 is 38.0 Å². The van der Waals surface area contributed by atoms with Crippen molar-refractivity contribution in [3.63, 3.8) is 0 Å². The highest BCUT2D eigenvalue weighted by Crippen LogP contribution is 2.39. The lowest BCUT2D eigenvalue weighted by Crippen LogP contribution is -2.42. The Bertz CT molecular complexity index is 1170. The predicted molar refractivity (Wildman–Crippen MR) is 288 cm³/mol. The smallest absolute Gasteiger partial charge is 0.305 e. The summed E-state index contributed by atoms with van der Waals surface area (Å²) in [7, 11) is 0. The standard InChI is InChI=1S/C59H111N3O8/c1-5-9-13-17-21-25-29-48-67-57(68-49-30-26-22-18-14-10-6-2)36-34-55(63)65-52-40-59(38-45-61(46-39-59)43-33-44-62-47-42-60-54-62)41-53-66-56(64)35-37-58(69-50-31-27-23-19-15-11-7-3)70-51-32-28-24-20-16-12-8-4/h42,47,54,57-58H,5-41,43-46,48-53H2,1-4H3. The minimum Gasteiger partial charge on any atom is -0.466 e. The van der Waals surface area contributed by atoms with Crippen LogP contribution >= 0.6 is 0 Å². The molecule has 0 unspecified atom stereocenters. The van der Waals surface area contributed by atoms with Crippen LogP contribution in [0.25, 0.3) is 0 Å². The molecule has 0 bridgehead atoms. The maximum Gasteiger partial charge on any atom is 0.305 e. The second-order valence-electron chi connectivity index (χ2n) is 20.8. The van der Waals surface area contributed by atoms with Crippen LogP contribution in [0.2, 0.25) is 0 Å². The van der Waals surface area contributed by atoms with E-state index in [-0.39, 0.29) is 42.8 Å². The summed E-state index contributed by atoms with van der Waals surface area (Å²) in [6.45, 7) is 16.4. The number of rotatable bonds is 52. The average molecular weight is 991 g/mol. The Balaban J connectivity index is 1.90. The van der Waals surface area contributed by atoms with E-state index in [0.717, 1.165) is 84.0 Å². The van der Waals surface area contributed by atoms with Crippen molar-refractivity contribution in [2.24, 2.45) is 5.41 Å². The molecular formula is C59H111N3O8. The number of unbranched alkanes of at least 4 members (excludes halogenated alkanes) is 24. The first-order valence-corrected chi connectivity index (χ1v) is 29.9. The molecular weight excluding hydrogens is 879 g/mol. The Morgan fingerprint density at radius 2 is 0.829 bits per heavy atom. The number of imidazole rings is 1. The Morgan fingerprint density at radius 1 is 0.471 bits per heavy atom. The van der Waals surface area contributed by atoms with Crippen molar-refractivity contribution >= 4 is 11.9 Å². The highest BCUT2D eigenvalue weighted by molar-refractivity contribution is 5.69. The predicted octanol–water partition coefficient (Wildman–Crippen LogP) is 15.5. The molecule has 2 heterocycles. The van der Waals surface area contributed by atoms with Gasteiger partial charge in [-0.15, -0.1) is 0 Å². The summed E-state index contributed by atoms with van der Waals surface area (Å²) in [5.41, 5.74) is -0.0644. The lowest BCUT2D eigenvalue weighted by Gasteiger charge is -2.42. The van der Waals surface area contributed by atoms with E-state index >= 15 is 0 Å². The molecule has 2 rings (SSSR count). The molecule has 410 valence electrons. The van der Waals surface area contributed by atoms with Crippen LogP contribution in [0.1, 0.15) is 265 Å². The largest absolute Gasteiger partial charge is 0.466 e. The molecule has 0 aliphatic carbocycles. The molecule has 0 aromatic carbocycles. The van der Waals surface area contributed by atoms with Gasteiger partial charge < -0.3 is 37.9 Å². The van der Waals surface area contributed by atoms with Gasteiger partial charge in [-0.05, 0) is 82.8 Å². The molecule has 0 N–H and O–H groups in total. The normalized spacial score (nSPS) is 14.0. The molecule has 11 nitrogen and oxygen atoms in total. The number of esters is 2. The summed E-state index contributed by atoms with van der Waals surface area (Å²) in [6.07, 6.45) is 45.6. The van der Waals surface area contributed by atoms with Gasteiger partial charge in [0, 0.05) is 58.2 Å². The zero-order valence-electron chi connectivity index (χ0n) is 46.2. The third-order valence-corrected chi connectivity index (χ3v) is 14.5. The second kappa shape index (κ2) is 46.7. The number of aromatic nitrogens is 2. The van der Waals surface area contributed by atoms with Gasteiger partial charge in [0.1, 0.15) is 0 Å². The summed E-state index contributed by atoms with van der Waals surface area (Å²) in [6, 6.07) is 0. The van der Waals surface area contributed by atoms with E-state index < -0.39 is 0 Å². The van der Waals surface area contributed by atoms with Gasteiger partial charge in [0.15, 0.2) is 12.6 Å². The van der Waals surface area contributed by atoms with Gasteiger partial charge >= 0.3 is 11.9 Å². The second-order valence-corrected chi connectivity index (χ2v) is 20.8. The SMILES string of the molecule is CCCCCCCCCOC(CCC(=O)OCCC1(CCOC(=O)CCC(OCCCCCCCCC)OCCCCCCCCC)CCN(CCCn2ccnc2)CC1)OCCCCCCCCC. The first kappa shape index (κ1) is 64.1. The molecule has 1 aliphatic rings. The minimum atomic E-state index is -0.379. The highest BCUT2D eigenvalue weighted by atomic mass is 16.7. The average Bonchev–Trinajstić information content (AvgIpc) is 3.89. The summed E-state index contributed by atoms with van der Waals surface area (Å²) in [5, 5.41) is 0. The molecule has 0 spiro atoms. The number of aryl methyl sites for hydroxylation is 1. The zero-order chi connectivity index (χ0) is 50.3. The van der Waals surface area contributed by atoms with Crippen molar-refractivity contribution in [1.82, 2.24) is 14.5 Å². The lowest BCUT2D eigenvalue weighted by atomic mass is 9.73. The van der Waals surface area contributed by atoms with Gasteiger partial charge in [0.2, 0.25) is 0 Å². The van der Waals surface area contributed by atoms with Crippen LogP contribution in [-0.2, 0) is 44.6 Å². The van der Waals surface area contributed by atoms with Crippen molar-refractivity contribution in [3.8, 4) is 0 Å². The van der Waals surface area contributed by atoms with Crippen LogP contribution in [0.3, 0.4) is 0 Å². The van der Waals surface area contributed by atoms with Crippen molar-refractivity contribution in [3.05, 3.63) is 18.7 Å². The summed E-state index contributed by atoms with van der Waals surface area (Å²) >= 11 is 0. The number of hydrogen-bond acceptors (Lipinski definition) is 10.